The van der Waals surface area contributed by atoms with E-state index in [0.717, 1.165) is 16.4 Å². The first-order chi connectivity index (χ1) is 8.91. The van der Waals surface area contributed by atoms with Crippen LogP contribution in [0.5, 0.6) is 0 Å². The third-order valence-electron chi connectivity index (χ3n) is 2.61. The van der Waals surface area contributed by atoms with Crippen LogP contribution in [-0.4, -0.2) is 49.3 Å². The van der Waals surface area contributed by atoms with Gasteiger partial charge in [-0.25, -0.2) is 13.2 Å². The van der Waals surface area contributed by atoms with Gasteiger partial charge >= 0.3 is 5.97 Å². The number of nitrogens with zero attached hydrogens (tertiary/aromatic N) is 1. The second-order valence-electron chi connectivity index (χ2n) is 3.97. The number of hydrogen-bond donors (Lipinski definition) is 2. The Morgan fingerprint density at radius 3 is 2.79 bits per heavy atom. The van der Waals surface area contributed by atoms with Gasteiger partial charge in [-0.3, -0.25) is 4.79 Å². The summed E-state index contributed by atoms with van der Waals surface area (Å²) in [5, 5.41) is 10.8. The third kappa shape index (κ3) is 2.76. The van der Waals surface area contributed by atoms with Gasteiger partial charge in [-0.05, 0) is 18.6 Å². The second kappa shape index (κ2) is 5.02. The average molecular weight is 288 g/mol. The molecular weight excluding hydrogens is 276 g/mol. The van der Waals surface area contributed by atoms with E-state index in [9.17, 15) is 18.0 Å². The molecule has 104 valence electrons. The largest absolute Gasteiger partial charge is 0.475 e. The van der Waals surface area contributed by atoms with Crippen LogP contribution in [0.2, 0.25) is 0 Å². The van der Waals surface area contributed by atoms with Crippen molar-refractivity contribution in [1.29, 1.82) is 0 Å². The van der Waals surface area contributed by atoms with E-state index in [0.29, 0.717) is 13.0 Å². The zero-order chi connectivity index (χ0) is 14.0. The SMILES string of the molecule is O=C1CN(S(=O)(=O)c2ccc(C(=O)O)o2)CCCN1. The number of hydrogen-bond acceptors (Lipinski definition) is 5. The Hall–Kier alpha value is -1.87. The smallest absolute Gasteiger partial charge is 0.371 e. The molecule has 1 saturated heterocycles. The molecule has 1 amide bonds. The number of amides is 1. The van der Waals surface area contributed by atoms with Gasteiger partial charge in [0.05, 0.1) is 6.54 Å². The fourth-order valence-corrected chi connectivity index (χ4v) is 3.03. The molecule has 1 aliphatic heterocycles. The fraction of sp³-hybridized carbons (Fsp3) is 0.400. The molecule has 0 unspecified atom stereocenters. The first-order valence-corrected chi connectivity index (χ1v) is 6.95. The van der Waals surface area contributed by atoms with Crippen LogP contribution in [0.1, 0.15) is 17.0 Å². The monoisotopic (exact) mass is 288 g/mol. The maximum absolute atomic E-state index is 12.2. The summed E-state index contributed by atoms with van der Waals surface area (Å²) < 4.78 is 30.1. The number of aromatic carboxylic acids is 1. The molecule has 9 heteroatoms. The summed E-state index contributed by atoms with van der Waals surface area (Å²) in [5.74, 6) is -2.21. The molecule has 1 aromatic rings. The predicted molar refractivity (Wildman–Crippen MR) is 62.1 cm³/mol. The van der Waals surface area contributed by atoms with E-state index in [2.05, 4.69) is 5.32 Å². The van der Waals surface area contributed by atoms with Crippen LogP contribution in [0.15, 0.2) is 21.6 Å². The van der Waals surface area contributed by atoms with Crippen LogP contribution in [0.25, 0.3) is 0 Å². The summed E-state index contributed by atoms with van der Waals surface area (Å²) in [6.45, 7) is 0.277. The lowest BCUT2D eigenvalue weighted by Crippen LogP contribution is -2.37. The van der Waals surface area contributed by atoms with Gasteiger partial charge < -0.3 is 14.8 Å². The van der Waals surface area contributed by atoms with Crippen molar-refractivity contribution in [2.45, 2.75) is 11.5 Å². The molecule has 2 rings (SSSR count). The van der Waals surface area contributed by atoms with E-state index in [4.69, 9.17) is 9.52 Å². The van der Waals surface area contributed by atoms with Crippen molar-refractivity contribution in [2.75, 3.05) is 19.6 Å². The van der Waals surface area contributed by atoms with Gasteiger partial charge in [-0.2, -0.15) is 4.31 Å². The summed E-state index contributed by atoms with van der Waals surface area (Å²) in [5.41, 5.74) is 0. The number of carboxylic acid groups (broad SMARTS) is 1. The standard InChI is InChI=1S/C10H12N2O6S/c13-8-6-12(5-1-4-11-8)19(16,17)9-3-2-7(18-9)10(14)15/h2-3H,1,4-6H2,(H,11,13)(H,14,15). The normalized spacial score (nSPS) is 17.8. The van der Waals surface area contributed by atoms with E-state index >= 15 is 0 Å². The molecule has 1 fully saturated rings. The number of carboxylic acids is 1. The summed E-state index contributed by atoms with van der Waals surface area (Å²) in [4.78, 5) is 22.0. The van der Waals surface area contributed by atoms with E-state index in [1.165, 1.54) is 0 Å². The molecule has 8 nitrogen and oxygen atoms in total. The zero-order valence-corrected chi connectivity index (χ0v) is 10.6. The summed E-state index contributed by atoms with van der Waals surface area (Å²) >= 11 is 0. The molecule has 1 aliphatic rings. The van der Waals surface area contributed by atoms with Crippen LogP contribution >= 0.6 is 0 Å². The molecule has 0 saturated carbocycles. The molecule has 0 aliphatic carbocycles. The lowest BCUT2D eigenvalue weighted by Gasteiger charge is -2.16. The van der Waals surface area contributed by atoms with E-state index in [1.807, 2.05) is 0 Å². The quantitative estimate of drug-likeness (QED) is 0.773. The topological polar surface area (TPSA) is 117 Å². The zero-order valence-electron chi connectivity index (χ0n) is 9.83. The number of furan rings is 1. The van der Waals surface area contributed by atoms with Gasteiger partial charge in [0.15, 0.2) is 0 Å². The summed E-state index contributed by atoms with van der Waals surface area (Å²) in [6.07, 6.45) is 0.484. The van der Waals surface area contributed by atoms with Gasteiger partial charge in [-0.15, -0.1) is 0 Å². The minimum atomic E-state index is -3.99. The predicted octanol–water partition coefficient (Wildman–Crippen LogP) is -0.512. The molecule has 0 bridgehead atoms. The summed E-state index contributed by atoms with van der Waals surface area (Å²) in [6, 6.07) is 2.13. The van der Waals surface area contributed by atoms with Crippen molar-refractivity contribution in [2.24, 2.45) is 0 Å². The Bertz CT molecular complexity index is 605. The van der Waals surface area contributed by atoms with Gasteiger partial charge in [-0.1, -0.05) is 0 Å². The Morgan fingerprint density at radius 2 is 2.16 bits per heavy atom. The molecule has 1 aromatic heterocycles. The molecule has 0 atom stereocenters. The van der Waals surface area contributed by atoms with Gasteiger partial charge in [0.2, 0.25) is 16.8 Å². The third-order valence-corrected chi connectivity index (χ3v) is 4.33. The first-order valence-electron chi connectivity index (χ1n) is 5.51. The van der Waals surface area contributed by atoms with Crippen LogP contribution in [0, 0.1) is 0 Å². The van der Waals surface area contributed by atoms with Gasteiger partial charge in [0.25, 0.3) is 10.0 Å². The molecule has 19 heavy (non-hydrogen) atoms. The molecule has 2 heterocycles. The van der Waals surface area contributed by atoms with E-state index in [1.54, 1.807) is 0 Å². The fourth-order valence-electron chi connectivity index (χ4n) is 1.68. The Labute approximate surface area is 109 Å². The first kappa shape index (κ1) is 13.6. The number of nitrogens with one attached hydrogen (secondary N) is 1. The number of carbonyl (C=O) groups is 2. The van der Waals surface area contributed by atoms with Gasteiger partial charge in [0, 0.05) is 13.1 Å². The number of sulfonamides is 1. The average Bonchev–Trinajstić information content (AvgIpc) is 2.74. The summed E-state index contributed by atoms with van der Waals surface area (Å²) in [7, 11) is -3.99. The molecule has 2 N–H and O–H groups in total. The Balaban J connectivity index is 2.29. The van der Waals surface area contributed by atoms with E-state index in [-0.39, 0.29) is 13.1 Å². The van der Waals surface area contributed by atoms with Crippen molar-refractivity contribution in [1.82, 2.24) is 9.62 Å². The molecule has 0 radical (unpaired) electrons. The maximum Gasteiger partial charge on any atom is 0.371 e. The highest BCUT2D eigenvalue weighted by molar-refractivity contribution is 7.89. The maximum atomic E-state index is 12.2. The van der Waals surface area contributed by atoms with E-state index < -0.39 is 32.8 Å². The molecule has 0 aromatic carbocycles. The van der Waals surface area contributed by atoms with Crippen LogP contribution in [-0.2, 0) is 14.8 Å². The highest BCUT2D eigenvalue weighted by atomic mass is 32.2. The van der Waals surface area contributed by atoms with Gasteiger partial charge in [0.1, 0.15) is 0 Å². The Kier molecular flexibility index (Phi) is 3.58. The van der Waals surface area contributed by atoms with Crippen molar-refractivity contribution in [3.8, 4) is 0 Å². The minimum absolute atomic E-state index is 0.171. The minimum Gasteiger partial charge on any atom is -0.475 e. The van der Waals surface area contributed by atoms with Crippen molar-refractivity contribution in [3.63, 3.8) is 0 Å². The van der Waals surface area contributed by atoms with Crippen molar-refractivity contribution < 1.29 is 27.5 Å². The lowest BCUT2D eigenvalue weighted by atomic mass is 10.4. The van der Waals surface area contributed by atoms with Crippen molar-refractivity contribution >= 4 is 21.9 Å². The molecule has 0 spiro atoms. The van der Waals surface area contributed by atoms with Crippen molar-refractivity contribution in [3.05, 3.63) is 17.9 Å². The number of rotatable bonds is 3. The second-order valence-corrected chi connectivity index (χ2v) is 5.83. The highest BCUT2D eigenvalue weighted by Gasteiger charge is 2.31. The number of carbonyl (C=O) groups excluding carboxylic acids is 1. The molecular formula is C10H12N2O6S. The van der Waals surface area contributed by atoms with Crippen LogP contribution < -0.4 is 5.32 Å². The van der Waals surface area contributed by atoms with Crippen LogP contribution in [0.4, 0.5) is 0 Å². The Morgan fingerprint density at radius 1 is 1.42 bits per heavy atom. The van der Waals surface area contributed by atoms with Crippen LogP contribution in [0.3, 0.4) is 0 Å². The lowest BCUT2D eigenvalue weighted by molar-refractivity contribution is -0.120. The highest BCUT2D eigenvalue weighted by Crippen LogP contribution is 2.19.